The molecule has 0 radical (unpaired) electrons. The topological polar surface area (TPSA) is 61.5 Å². The second-order valence-electron chi connectivity index (χ2n) is 5.34. The van der Waals surface area contributed by atoms with E-state index in [4.69, 9.17) is 15.2 Å². The zero-order valence-corrected chi connectivity index (χ0v) is 11.6. The van der Waals surface area contributed by atoms with Crippen molar-refractivity contribution in [3.8, 4) is 0 Å². The van der Waals surface area contributed by atoms with Crippen molar-refractivity contribution in [1.82, 2.24) is 0 Å². The molecule has 0 spiro atoms. The summed E-state index contributed by atoms with van der Waals surface area (Å²) in [5, 5.41) is 0. The first-order valence-corrected chi connectivity index (χ1v) is 6.34. The van der Waals surface area contributed by atoms with Gasteiger partial charge >= 0.3 is 5.97 Å². The highest BCUT2D eigenvalue weighted by atomic mass is 16.6. The molecule has 0 fully saturated rings. The predicted octanol–water partition coefficient (Wildman–Crippen LogP) is 2.11. The lowest BCUT2D eigenvalue weighted by atomic mass is 9.84. The highest BCUT2D eigenvalue weighted by Gasteiger charge is 2.18. The van der Waals surface area contributed by atoms with E-state index in [-0.39, 0.29) is 17.5 Å². The van der Waals surface area contributed by atoms with Gasteiger partial charge in [0.1, 0.15) is 6.61 Å². The molecule has 4 heteroatoms. The zero-order chi connectivity index (χ0) is 13.3. The first-order chi connectivity index (χ1) is 7.87. The molecule has 0 aliphatic rings. The van der Waals surface area contributed by atoms with E-state index in [1.165, 1.54) is 0 Å². The number of esters is 1. The average Bonchev–Trinajstić information content (AvgIpc) is 2.21. The number of hydrogen-bond donors (Lipinski definition) is 1. The molecular formula is C13H27NO3. The minimum Gasteiger partial charge on any atom is -0.463 e. The largest absolute Gasteiger partial charge is 0.463 e. The van der Waals surface area contributed by atoms with Gasteiger partial charge in [0.05, 0.1) is 12.7 Å². The summed E-state index contributed by atoms with van der Waals surface area (Å²) in [6, 6.07) is 0. The van der Waals surface area contributed by atoms with Gasteiger partial charge < -0.3 is 15.2 Å². The molecule has 0 aromatic carbocycles. The summed E-state index contributed by atoms with van der Waals surface area (Å²) in [6.45, 7) is 9.62. The summed E-state index contributed by atoms with van der Waals surface area (Å²) in [5.41, 5.74) is 5.63. The van der Waals surface area contributed by atoms with E-state index in [1.807, 2.05) is 13.8 Å². The van der Waals surface area contributed by atoms with Crippen molar-refractivity contribution in [2.24, 2.45) is 11.1 Å². The maximum atomic E-state index is 11.4. The molecule has 0 bridgehead atoms. The monoisotopic (exact) mass is 245 g/mol. The van der Waals surface area contributed by atoms with Crippen LogP contribution in [0, 0.1) is 5.41 Å². The van der Waals surface area contributed by atoms with Crippen LogP contribution in [0.2, 0.25) is 0 Å². The maximum Gasteiger partial charge on any atom is 0.305 e. The van der Waals surface area contributed by atoms with Crippen molar-refractivity contribution in [1.29, 1.82) is 0 Å². The van der Waals surface area contributed by atoms with Crippen molar-refractivity contribution in [2.45, 2.75) is 53.1 Å². The van der Waals surface area contributed by atoms with Crippen molar-refractivity contribution in [3.05, 3.63) is 0 Å². The number of ether oxygens (including phenoxy) is 2. The number of rotatable bonds is 9. The van der Waals surface area contributed by atoms with E-state index >= 15 is 0 Å². The van der Waals surface area contributed by atoms with Crippen molar-refractivity contribution in [2.75, 3.05) is 19.8 Å². The van der Waals surface area contributed by atoms with E-state index in [0.29, 0.717) is 26.2 Å². The molecule has 0 aromatic heterocycles. The normalized spacial score (nSPS) is 11.9. The molecule has 0 atom stereocenters. The van der Waals surface area contributed by atoms with E-state index < -0.39 is 0 Å². The van der Waals surface area contributed by atoms with Crippen molar-refractivity contribution in [3.63, 3.8) is 0 Å². The Kier molecular flexibility index (Phi) is 8.17. The van der Waals surface area contributed by atoms with Gasteiger partial charge in [0, 0.05) is 6.42 Å². The molecule has 0 aromatic rings. The van der Waals surface area contributed by atoms with Crippen LogP contribution >= 0.6 is 0 Å². The number of hydrogen-bond acceptors (Lipinski definition) is 4. The van der Waals surface area contributed by atoms with E-state index in [1.54, 1.807) is 0 Å². The fourth-order valence-electron chi connectivity index (χ4n) is 1.47. The Morgan fingerprint density at radius 3 is 2.41 bits per heavy atom. The second-order valence-corrected chi connectivity index (χ2v) is 5.34. The third-order valence-corrected chi connectivity index (χ3v) is 2.62. The predicted molar refractivity (Wildman–Crippen MR) is 68.7 cm³/mol. The van der Waals surface area contributed by atoms with E-state index in [0.717, 1.165) is 12.8 Å². The second kappa shape index (κ2) is 8.48. The minimum atomic E-state index is -0.151. The molecule has 0 unspecified atom stereocenters. The SMILES string of the molecule is CC(C)OCCOC(=O)CCC(C)(C)CCN. The van der Waals surface area contributed by atoms with Gasteiger partial charge in [-0.2, -0.15) is 0 Å². The number of carbonyl (C=O) groups excluding carboxylic acids is 1. The molecule has 0 aliphatic heterocycles. The third kappa shape index (κ3) is 10.3. The molecule has 0 rings (SSSR count). The van der Waals surface area contributed by atoms with Gasteiger partial charge in [-0.25, -0.2) is 0 Å². The van der Waals surface area contributed by atoms with Gasteiger partial charge in [0.25, 0.3) is 0 Å². The van der Waals surface area contributed by atoms with Crippen molar-refractivity contribution >= 4 is 5.97 Å². The fourth-order valence-corrected chi connectivity index (χ4v) is 1.47. The Labute approximate surface area is 105 Å². The molecule has 102 valence electrons. The first-order valence-electron chi connectivity index (χ1n) is 6.34. The third-order valence-electron chi connectivity index (χ3n) is 2.62. The molecule has 2 N–H and O–H groups in total. The van der Waals surface area contributed by atoms with Gasteiger partial charge in [-0.15, -0.1) is 0 Å². The number of nitrogens with two attached hydrogens (primary N) is 1. The Hall–Kier alpha value is -0.610. The van der Waals surface area contributed by atoms with Crippen LogP contribution in [0.4, 0.5) is 0 Å². The summed E-state index contributed by atoms with van der Waals surface area (Å²) in [4.78, 5) is 11.4. The van der Waals surface area contributed by atoms with Gasteiger partial charge in [0.15, 0.2) is 0 Å². The molecule has 4 nitrogen and oxygen atoms in total. The zero-order valence-electron chi connectivity index (χ0n) is 11.6. The van der Waals surface area contributed by atoms with Gasteiger partial charge in [0.2, 0.25) is 0 Å². The van der Waals surface area contributed by atoms with Gasteiger partial charge in [-0.3, -0.25) is 4.79 Å². The molecule has 0 heterocycles. The fraction of sp³-hybridized carbons (Fsp3) is 0.923. The molecule has 0 amide bonds. The van der Waals surface area contributed by atoms with E-state index in [9.17, 15) is 4.79 Å². The lowest BCUT2D eigenvalue weighted by molar-refractivity contribution is -0.146. The van der Waals surface area contributed by atoms with Gasteiger partial charge in [-0.1, -0.05) is 13.8 Å². The number of carbonyl (C=O) groups is 1. The maximum absolute atomic E-state index is 11.4. The Balaban J connectivity index is 3.59. The smallest absolute Gasteiger partial charge is 0.305 e. The Morgan fingerprint density at radius 1 is 1.24 bits per heavy atom. The Morgan fingerprint density at radius 2 is 1.88 bits per heavy atom. The highest BCUT2D eigenvalue weighted by molar-refractivity contribution is 5.69. The standard InChI is InChI=1S/C13H27NO3/c1-11(2)16-9-10-17-12(15)5-6-13(3,4)7-8-14/h11H,5-10,14H2,1-4H3. The summed E-state index contributed by atoms with van der Waals surface area (Å²) in [6.07, 6.45) is 2.37. The lowest BCUT2D eigenvalue weighted by Crippen LogP contribution is -2.20. The van der Waals surface area contributed by atoms with Crippen LogP contribution < -0.4 is 5.73 Å². The van der Waals surface area contributed by atoms with Crippen LogP contribution in [0.25, 0.3) is 0 Å². The summed E-state index contributed by atoms with van der Waals surface area (Å²) in [7, 11) is 0. The average molecular weight is 245 g/mol. The van der Waals surface area contributed by atoms with Crippen molar-refractivity contribution < 1.29 is 14.3 Å². The molecule has 17 heavy (non-hydrogen) atoms. The quantitative estimate of drug-likeness (QED) is 0.499. The van der Waals surface area contributed by atoms with Crippen LogP contribution in [-0.4, -0.2) is 31.8 Å². The van der Waals surface area contributed by atoms with Crippen LogP contribution in [-0.2, 0) is 14.3 Å². The first kappa shape index (κ1) is 16.4. The van der Waals surface area contributed by atoms with Crippen LogP contribution in [0.5, 0.6) is 0 Å². The minimum absolute atomic E-state index is 0.113. The summed E-state index contributed by atoms with van der Waals surface area (Å²) >= 11 is 0. The summed E-state index contributed by atoms with van der Waals surface area (Å²) in [5.74, 6) is -0.151. The highest BCUT2D eigenvalue weighted by Crippen LogP contribution is 2.25. The molecule has 0 saturated heterocycles. The lowest BCUT2D eigenvalue weighted by Gasteiger charge is -2.23. The van der Waals surface area contributed by atoms with Crippen LogP contribution in [0.15, 0.2) is 0 Å². The Bertz CT molecular complexity index is 215. The molecule has 0 aliphatic carbocycles. The van der Waals surface area contributed by atoms with E-state index in [2.05, 4.69) is 13.8 Å². The molecule has 0 saturated carbocycles. The van der Waals surface area contributed by atoms with Crippen LogP contribution in [0.3, 0.4) is 0 Å². The summed E-state index contributed by atoms with van der Waals surface area (Å²) < 4.78 is 10.4. The van der Waals surface area contributed by atoms with Crippen LogP contribution in [0.1, 0.15) is 47.0 Å². The molecular weight excluding hydrogens is 218 g/mol. The van der Waals surface area contributed by atoms with Gasteiger partial charge in [-0.05, 0) is 38.6 Å².